The lowest BCUT2D eigenvalue weighted by Gasteiger charge is -2.09. The number of nitriles is 1. The highest BCUT2D eigenvalue weighted by molar-refractivity contribution is 6.30. The highest BCUT2D eigenvalue weighted by Crippen LogP contribution is 2.22. The van der Waals surface area contributed by atoms with Crippen molar-refractivity contribution in [3.63, 3.8) is 0 Å². The maximum Gasteiger partial charge on any atom is 0.422 e. The molecule has 0 spiro atoms. The van der Waals surface area contributed by atoms with Gasteiger partial charge in [-0.3, -0.25) is 0 Å². The molecule has 0 aliphatic rings. The molecule has 1 aromatic heterocycles. The molecule has 0 N–H and O–H groups in total. The third kappa shape index (κ3) is 5.01. The predicted octanol–water partition coefficient (Wildman–Crippen LogP) is 4.72. The van der Waals surface area contributed by atoms with Crippen molar-refractivity contribution >= 4 is 23.8 Å². The molecule has 0 radical (unpaired) electrons. The monoisotopic (exact) mass is 338 g/mol. The van der Waals surface area contributed by atoms with Gasteiger partial charge in [0.05, 0.1) is 5.56 Å². The minimum atomic E-state index is -4.39. The fourth-order valence-electron chi connectivity index (χ4n) is 1.76. The van der Waals surface area contributed by atoms with E-state index in [1.54, 1.807) is 30.4 Å². The zero-order chi connectivity index (χ0) is 16.9. The van der Waals surface area contributed by atoms with Crippen LogP contribution in [-0.4, -0.2) is 17.8 Å². The molecule has 0 aliphatic heterocycles. The SMILES string of the molecule is N#Cc1c(/C=C/c2cccc(OCC(F)(F)F)c2)ccnc1Cl. The van der Waals surface area contributed by atoms with E-state index < -0.39 is 12.8 Å². The number of pyridine rings is 1. The van der Waals surface area contributed by atoms with Gasteiger partial charge in [0, 0.05) is 6.20 Å². The highest BCUT2D eigenvalue weighted by atomic mass is 35.5. The zero-order valence-corrected chi connectivity index (χ0v) is 12.4. The number of ether oxygens (including phenoxy) is 1. The average molecular weight is 339 g/mol. The number of nitrogens with zero attached hydrogens (tertiary/aromatic N) is 2. The molecule has 3 nitrogen and oxygen atoms in total. The van der Waals surface area contributed by atoms with Gasteiger partial charge in [0.25, 0.3) is 0 Å². The quantitative estimate of drug-likeness (QED) is 0.758. The van der Waals surface area contributed by atoms with E-state index in [1.807, 2.05) is 6.07 Å². The Labute approximate surface area is 135 Å². The number of rotatable bonds is 4. The maximum atomic E-state index is 12.1. The van der Waals surface area contributed by atoms with Crippen molar-refractivity contribution in [2.24, 2.45) is 0 Å². The normalized spacial score (nSPS) is 11.4. The Morgan fingerprint density at radius 1 is 1.26 bits per heavy atom. The molecule has 0 atom stereocenters. The number of aromatic nitrogens is 1. The summed E-state index contributed by atoms with van der Waals surface area (Å²) in [7, 11) is 0. The summed E-state index contributed by atoms with van der Waals surface area (Å²) in [5.74, 6) is 0.109. The standard InChI is InChI=1S/C16H10ClF3N2O/c17-15-14(9-21)12(6-7-22-15)5-4-11-2-1-3-13(8-11)23-10-16(18,19)20/h1-8H,10H2/b5-4+. The van der Waals surface area contributed by atoms with Crippen LogP contribution in [0.2, 0.25) is 5.15 Å². The van der Waals surface area contributed by atoms with Gasteiger partial charge < -0.3 is 4.74 Å². The van der Waals surface area contributed by atoms with Crippen LogP contribution in [0.25, 0.3) is 12.2 Å². The van der Waals surface area contributed by atoms with E-state index in [4.69, 9.17) is 16.9 Å². The topological polar surface area (TPSA) is 45.9 Å². The molecular weight excluding hydrogens is 329 g/mol. The molecule has 2 aromatic rings. The van der Waals surface area contributed by atoms with Crippen LogP contribution >= 0.6 is 11.6 Å². The summed E-state index contributed by atoms with van der Waals surface area (Å²) in [5, 5.41) is 9.15. The van der Waals surface area contributed by atoms with Gasteiger partial charge in [0.2, 0.25) is 0 Å². The van der Waals surface area contributed by atoms with Crippen molar-refractivity contribution in [1.82, 2.24) is 4.98 Å². The Hall–Kier alpha value is -2.52. The molecule has 1 aromatic carbocycles. The summed E-state index contributed by atoms with van der Waals surface area (Å²) in [6, 6.07) is 9.76. The maximum absolute atomic E-state index is 12.1. The third-order valence-corrected chi connectivity index (χ3v) is 3.05. The fraction of sp³-hybridized carbons (Fsp3) is 0.125. The number of hydrogen-bond donors (Lipinski definition) is 0. The van der Waals surface area contributed by atoms with Gasteiger partial charge in [0.15, 0.2) is 6.61 Å². The van der Waals surface area contributed by atoms with Gasteiger partial charge in [-0.05, 0) is 29.3 Å². The molecule has 0 saturated carbocycles. The summed E-state index contributed by atoms with van der Waals surface area (Å²) < 4.78 is 41.1. The Bertz CT molecular complexity index is 767. The lowest BCUT2D eigenvalue weighted by atomic mass is 10.1. The predicted molar refractivity (Wildman–Crippen MR) is 80.9 cm³/mol. The van der Waals surface area contributed by atoms with Crippen LogP contribution in [0.15, 0.2) is 36.5 Å². The van der Waals surface area contributed by atoms with Crippen molar-refractivity contribution in [3.8, 4) is 11.8 Å². The summed E-state index contributed by atoms with van der Waals surface area (Å²) in [5.41, 5.74) is 1.42. The average Bonchev–Trinajstić information content (AvgIpc) is 2.51. The molecule has 7 heteroatoms. The molecule has 0 bridgehead atoms. The second kappa shape index (κ2) is 7.16. The Balaban J connectivity index is 2.18. The van der Waals surface area contributed by atoms with Crippen molar-refractivity contribution < 1.29 is 17.9 Å². The van der Waals surface area contributed by atoms with Crippen molar-refractivity contribution in [2.75, 3.05) is 6.61 Å². The molecule has 1 heterocycles. The number of benzene rings is 1. The zero-order valence-electron chi connectivity index (χ0n) is 11.6. The molecule has 0 unspecified atom stereocenters. The first-order chi connectivity index (χ1) is 10.9. The van der Waals surface area contributed by atoms with Gasteiger partial charge in [-0.15, -0.1) is 0 Å². The molecule has 0 amide bonds. The summed E-state index contributed by atoms with van der Waals surface area (Å²) in [6.07, 6.45) is 0.356. The first kappa shape index (κ1) is 16.8. The van der Waals surface area contributed by atoms with Crippen LogP contribution in [0, 0.1) is 11.3 Å². The van der Waals surface area contributed by atoms with E-state index in [0.29, 0.717) is 11.1 Å². The van der Waals surface area contributed by atoms with E-state index in [0.717, 1.165) is 0 Å². The molecular formula is C16H10ClF3N2O. The molecule has 118 valence electrons. The molecule has 0 saturated heterocycles. The number of hydrogen-bond acceptors (Lipinski definition) is 3. The third-order valence-electron chi connectivity index (χ3n) is 2.76. The summed E-state index contributed by atoms with van der Waals surface area (Å²) >= 11 is 5.83. The van der Waals surface area contributed by atoms with Gasteiger partial charge in [-0.1, -0.05) is 35.9 Å². The van der Waals surface area contributed by atoms with E-state index in [-0.39, 0.29) is 16.5 Å². The second-order valence-electron chi connectivity index (χ2n) is 4.49. The molecule has 0 fully saturated rings. The lowest BCUT2D eigenvalue weighted by molar-refractivity contribution is -0.153. The van der Waals surface area contributed by atoms with E-state index >= 15 is 0 Å². The van der Waals surface area contributed by atoms with Gasteiger partial charge >= 0.3 is 6.18 Å². The van der Waals surface area contributed by atoms with Crippen molar-refractivity contribution in [3.05, 3.63) is 58.4 Å². The molecule has 2 rings (SSSR count). The minimum Gasteiger partial charge on any atom is -0.484 e. The van der Waals surface area contributed by atoms with Crippen molar-refractivity contribution in [2.45, 2.75) is 6.18 Å². The van der Waals surface area contributed by atoms with Gasteiger partial charge in [0.1, 0.15) is 17.0 Å². The van der Waals surface area contributed by atoms with Gasteiger partial charge in [-0.25, -0.2) is 4.98 Å². The lowest BCUT2D eigenvalue weighted by Crippen LogP contribution is -2.19. The van der Waals surface area contributed by atoms with E-state index in [1.165, 1.54) is 18.3 Å². The first-order valence-corrected chi connectivity index (χ1v) is 6.79. The van der Waals surface area contributed by atoms with E-state index in [2.05, 4.69) is 9.72 Å². The van der Waals surface area contributed by atoms with E-state index in [9.17, 15) is 13.2 Å². The summed E-state index contributed by atoms with van der Waals surface area (Å²) in [4.78, 5) is 3.81. The summed E-state index contributed by atoms with van der Waals surface area (Å²) in [6.45, 7) is -1.35. The fourth-order valence-corrected chi connectivity index (χ4v) is 1.97. The van der Waals surface area contributed by atoms with Crippen LogP contribution in [0.5, 0.6) is 5.75 Å². The van der Waals surface area contributed by atoms with Crippen LogP contribution in [0.3, 0.4) is 0 Å². The minimum absolute atomic E-state index is 0.0944. The Morgan fingerprint density at radius 3 is 2.74 bits per heavy atom. The van der Waals surface area contributed by atoms with Crippen LogP contribution < -0.4 is 4.74 Å². The Kier molecular flexibility index (Phi) is 5.24. The highest BCUT2D eigenvalue weighted by Gasteiger charge is 2.28. The van der Waals surface area contributed by atoms with Crippen LogP contribution in [0.1, 0.15) is 16.7 Å². The Morgan fingerprint density at radius 2 is 2.04 bits per heavy atom. The van der Waals surface area contributed by atoms with Crippen LogP contribution in [-0.2, 0) is 0 Å². The molecule has 0 aliphatic carbocycles. The molecule has 23 heavy (non-hydrogen) atoms. The second-order valence-corrected chi connectivity index (χ2v) is 4.85. The van der Waals surface area contributed by atoms with Crippen LogP contribution in [0.4, 0.5) is 13.2 Å². The largest absolute Gasteiger partial charge is 0.484 e. The number of alkyl halides is 3. The van der Waals surface area contributed by atoms with Crippen molar-refractivity contribution in [1.29, 1.82) is 5.26 Å². The number of halogens is 4. The first-order valence-electron chi connectivity index (χ1n) is 6.41. The smallest absolute Gasteiger partial charge is 0.422 e. The van der Waals surface area contributed by atoms with Gasteiger partial charge in [-0.2, -0.15) is 18.4 Å².